The number of nitrogens with zero attached hydrogens (tertiary/aromatic N) is 2. The molecule has 0 aromatic carbocycles. The van der Waals surface area contributed by atoms with Crippen LogP contribution in [0.3, 0.4) is 0 Å². The Hall–Kier alpha value is -1.18. The van der Waals surface area contributed by atoms with Crippen LogP contribution >= 0.6 is 23.1 Å². The zero-order valence-corrected chi connectivity index (χ0v) is 17.7. The largest absolute Gasteiger partial charge is 0.376 e. The van der Waals surface area contributed by atoms with Gasteiger partial charge in [0.15, 0.2) is 5.16 Å². The SMILES string of the molecule is O=C1CCCC[C@H]1Sc1nc2sc3c(c2c(=O)n1C[C@@H]1CCCO1)CCCC3. The number of Topliss-reactive ketones (excluding diaryl/α,β-unsaturated/α-hetero) is 1. The van der Waals surface area contributed by atoms with Gasteiger partial charge in [-0.25, -0.2) is 4.98 Å². The molecule has 5 rings (SSSR count). The van der Waals surface area contributed by atoms with Gasteiger partial charge in [0.25, 0.3) is 5.56 Å². The Labute approximate surface area is 172 Å². The van der Waals surface area contributed by atoms with Crippen molar-refractivity contribution in [3.63, 3.8) is 0 Å². The van der Waals surface area contributed by atoms with E-state index in [9.17, 15) is 9.59 Å². The topological polar surface area (TPSA) is 61.2 Å². The minimum Gasteiger partial charge on any atom is -0.376 e. The maximum absolute atomic E-state index is 13.6. The summed E-state index contributed by atoms with van der Waals surface area (Å²) < 4.78 is 7.65. The Balaban J connectivity index is 1.59. The first kappa shape index (κ1) is 18.8. The maximum atomic E-state index is 13.6. The van der Waals surface area contributed by atoms with Gasteiger partial charge in [-0.15, -0.1) is 11.3 Å². The number of rotatable bonds is 4. The zero-order valence-electron chi connectivity index (χ0n) is 16.1. The van der Waals surface area contributed by atoms with Crippen LogP contribution in [0.2, 0.25) is 0 Å². The number of aryl methyl sites for hydroxylation is 2. The van der Waals surface area contributed by atoms with Crippen LogP contribution in [0.1, 0.15) is 61.8 Å². The lowest BCUT2D eigenvalue weighted by molar-refractivity contribution is -0.119. The molecule has 1 saturated carbocycles. The zero-order chi connectivity index (χ0) is 19.1. The summed E-state index contributed by atoms with van der Waals surface area (Å²) in [5.41, 5.74) is 1.31. The minimum absolute atomic E-state index is 0.0663. The molecule has 1 aliphatic heterocycles. The second kappa shape index (κ2) is 7.92. The van der Waals surface area contributed by atoms with Crippen molar-refractivity contribution in [2.45, 2.75) is 87.3 Å². The van der Waals surface area contributed by atoms with Crippen molar-refractivity contribution in [3.05, 3.63) is 20.8 Å². The summed E-state index contributed by atoms with van der Waals surface area (Å²) in [4.78, 5) is 33.1. The number of thiophene rings is 1. The van der Waals surface area contributed by atoms with E-state index in [0.717, 1.165) is 68.2 Å². The van der Waals surface area contributed by atoms with Crippen LogP contribution in [0.4, 0.5) is 0 Å². The first-order valence-corrected chi connectivity index (χ1v) is 12.3. The molecule has 0 radical (unpaired) electrons. The smallest absolute Gasteiger partial charge is 0.263 e. The highest BCUT2D eigenvalue weighted by Crippen LogP contribution is 2.36. The Morgan fingerprint density at radius 3 is 2.75 bits per heavy atom. The number of carbonyl (C=O) groups is 1. The summed E-state index contributed by atoms with van der Waals surface area (Å²) in [6.07, 6.45) is 10.1. The maximum Gasteiger partial charge on any atom is 0.263 e. The molecule has 2 aromatic rings. The lowest BCUT2D eigenvalue weighted by atomic mass is 9.97. The summed E-state index contributed by atoms with van der Waals surface area (Å²) in [6, 6.07) is 0. The number of hydrogen-bond acceptors (Lipinski definition) is 6. The molecule has 3 aliphatic rings. The molecule has 0 bridgehead atoms. The molecule has 1 saturated heterocycles. The fraction of sp³-hybridized carbons (Fsp3) is 0.667. The summed E-state index contributed by atoms with van der Waals surface area (Å²) in [7, 11) is 0. The number of hydrogen-bond donors (Lipinski definition) is 0. The van der Waals surface area contributed by atoms with Gasteiger partial charge in [-0.05, 0) is 56.9 Å². The number of fused-ring (bicyclic) bond motifs is 3. The van der Waals surface area contributed by atoms with Gasteiger partial charge in [0, 0.05) is 17.9 Å². The van der Waals surface area contributed by atoms with E-state index in [1.54, 1.807) is 11.3 Å². The van der Waals surface area contributed by atoms with Crippen LogP contribution in [-0.2, 0) is 28.9 Å². The van der Waals surface area contributed by atoms with E-state index in [1.165, 1.54) is 28.6 Å². The molecule has 2 aliphatic carbocycles. The normalized spacial score (nSPS) is 25.4. The summed E-state index contributed by atoms with van der Waals surface area (Å²) >= 11 is 3.20. The van der Waals surface area contributed by atoms with Crippen LogP contribution in [-0.4, -0.2) is 33.3 Å². The molecule has 0 unspecified atom stereocenters. The van der Waals surface area contributed by atoms with Crippen molar-refractivity contribution in [3.8, 4) is 0 Å². The molecule has 5 nitrogen and oxygen atoms in total. The predicted molar refractivity (Wildman–Crippen MR) is 113 cm³/mol. The van der Waals surface area contributed by atoms with Gasteiger partial charge in [-0.1, -0.05) is 18.2 Å². The van der Waals surface area contributed by atoms with Crippen LogP contribution in [0, 0.1) is 0 Å². The monoisotopic (exact) mass is 418 g/mol. The third-order valence-corrected chi connectivity index (χ3v) is 8.69. The van der Waals surface area contributed by atoms with Crippen molar-refractivity contribution in [2.24, 2.45) is 0 Å². The van der Waals surface area contributed by atoms with Gasteiger partial charge in [0.2, 0.25) is 0 Å². The van der Waals surface area contributed by atoms with Gasteiger partial charge in [0.1, 0.15) is 10.6 Å². The molecule has 7 heteroatoms. The molecule has 3 heterocycles. The lowest BCUT2D eigenvalue weighted by Gasteiger charge is -2.22. The van der Waals surface area contributed by atoms with Crippen LogP contribution in [0.25, 0.3) is 10.2 Å². The van der Waals surface area contributed by atoms with Crippen molar-refractivity contribution < 1.29 is 9.53 Å². The first-order chi connectivity index (χ1) is 13.7. The van der Waals surface area contributed by atoms with E-state index in [4.69, 9.17) is 9.72 Å². The number of thioether (sulfide) groups is 1. The van der Waals surface area contributed by atoms with Crippen LogP contribution < -0.4 is 5.56 Å². The third kappa shape index (κ3) is 3.46. The van der Waals surface area contributed by atoms with Gasteiger partial charge >= 0.3 is 0 Å². The van der Waals surface area contributed by atoms with Gasteiger partial charge in [-0.3, -0.25) is 14.2 Å². The highest BCUT2D eigenvalue weighted by molar-refractivity contribution is 8.00. The molecule has 2 fully saturated rings. The van der Waals surface area contributed by atoms with Crippen molar-refractivity contribution in [1.82, 2.24) is 9.55 Å². The second-order valence-corrected chi connectivity index (χ2v) is 10.4. The quantitative estimate of drug-likeness (QED) is 0.699. The third-order valence-electron chi connectivity index (χ3n) is 6.20. The second-order valence-electron chi connectivity index (χ2n) is 8.15. The molecule has 2 aromatic heterocycles. The van der Waals surface area contributed by atoms with E-state index in [0.29, 0.717) is 23.9 Å². The Bertz CT molecular complexity index is 959. The molecule has 2 atom stereocenters. The Kier molecular flexibility index (Phi) is 5.32. The Morgan fingerprint density at radius 1 is 1.07 bits per heavy atom. The van der Waals surface area contributed by atoms with Gasteiger partial charge in [0.05, 0.1) is 23.3 Å². The van der Waals surface area contributed by atoms with Gasteiger partial charge < -0.3 is 4.74 Å². The summed E-state index contributed by atoms with van der Waals surface area (Å²) in [5.74, 6) is 0.305. The standard InChI is InChI=1S/C21H26N2O3S2/c24-15-8-2-4-10-17(15)28-21-22-19-18(14-7-1-3-9-16(14)27-19)20(25)23(21)12-13-6-5-11-26-13/h13,17H,1-12H2/t13-,17+/m0/s1. The summed E-state index contributed by atoms with van der Waals surface area (Å²) in [5, 5.41) is 1.48. The fourth-order valence-electron chi connectivity index (χ4n) is 4.67. The number of carbonyl (C=O) groups excluding carboxylic acids is 1. The van der Waals surface area contributed by atoms with E-state index < -0.39 is 0 Å². The highest BCUT2D eigenvalue weighted by atomic mass is 32.2. The Morgan fingerprint density at radius 2 is 1.93 bits per heavy atom. The minimum atomic E-state index is -0.0663. The average Bonchev–Trinajstić information content (AvgIpc) is 3.33. The molecule has 28 heavy (non-hydrogen) atoms. The molecular formula is C21H26N2O3S2. The molecule has 0 amide bonds. The fourth-order valence-corrected chi connectivity index (χ4v) is 7.19. The van der Waals surface area contributed by atoms with Crippen LogP contribution in [0.5, 0.6) is 0 Å². The van der Waals surface area contributed by atoms with E-state index in [-0.39, 0.29) is 16.9 Å². The average molecular weight is 419 g/mol. The first-order valence-electron chi connectivity index (χ1n) is 10.6. The van der Waals surface area contributed by atoms with Crippen molar-refractivity contribution in [1.29, 1.82) is 0 Å². The van der Waals surface area contributed by atoms with E-state index >= 15 is 0 Å². The van der Waals surface area contributed by atoms with E-state index in [1.807, 2.05) is 4.57 Å². The molecule has 0 N–H and O–H groups in total. The van der Waals surface area contributed by atoms with Crippen LogP contribution in [0.15, 0.2) is 9.95 Å². The van der Waals surface area contributed by atoms with E-state index in [2.05, 4.69) is 0 Å². The molecular weight excluding hydrogens is 392 g/mol. The highest BCUT2D eigenvalue weighted by Gasteiger charge is 2.29. The number of ketones is 1. The number of aromatic nitrogens is 2. The van der Waals surface area contributed by atoms with Crippen molar-refractivity contribution >= 4 is 39.1 Å². The molecule has 150 valence electrons. The molecule has 0 spiro atoms. The van der Waals surface area contributed by atoms with Gasteiger partial charge in [-0.2, -0.15) is 0 Å². The van der Waals surface area contributed by atoms with Crippen molar-refractivity contribution in [2.75, 3.05) is 6.61 Å². The predicted octanol–water partition coefficient (Wildman–Crippen LogP) is 4.12. The lowest BCUT2D eigenvalue weighted by Crippen LogP contribution is -2.30. The number of ether oxygens (including phenoxy) is 1. The summed E-state index contributed by atoms with van der Waals surface area (Å²) in [6.45, 7) is 1.32.